The van der Waals surface area contributed by atoms with Gasteiger partial charge in [0.05, 0.1) is 28.3 Å². The molecule has 0 aliphatic rings. The fourth-order valence-electron chi connectivity index (χ4n) is 2.31. The van der Waals surface area contributed by atoms with Gasteiger partial charge in [-0.3, -0.25) is 14.9 Å². The highest BCUT2D eigenvalue weighted by Crippen LogP contribution is 2.35. The highest BCUT2D eigenvalue weighted by atomic mass is 19.4. The van der Waals surface area contributed by atoms with E-state index in [1.165, 1.54) is 25.3 Å². The number of nitrogens with zero attached hydrogens (tertiary/aromatic N) is 1. The number of carbonyl (C=O) groups is 2. The van der Waals surface area contributed by atoms with E-state index in [1.807, 2.05) is 0 Å². The number of benzene rings is 2. The standard InChI is InChI=1S/C19H17F3N2O7/c1-29-7-8-30-16-6-5-13(19(20,21)22)10-15(16)23-17(25)11-31-18(26)12-3-2-4-14(9-12)24(27)28/h2-6,9-10H,7-8,11H2,1H3,(H,23,25). The van der Waals surface area contributed by atoms with Crippen LogP contribution in [0.15, 0.2) is 42.5 Å². The molecule has 12 heteroatoms. The molecule has 1 N–H and O–H groups in total. The predicted octanol–water partition coefficient (Wildman–Crippen LogP) is 3.43. The van der Waals surface area contributed by atoms with E-state index in [0.717, 1.165) is 18.2 Å². The molecule has 2 aromatic rings. The number of carbonyl (C=O) groups excluding carboxylic acids is 2. The minimum atomic E-state index is -4.65. The highest BCUT2D eigenvalue weighted by molar-refractivity contribution is 5.96. The third-order valence-corrected chi connectivity index (χ3v) is 3.75. The normalized spacial score (nSPS) is 11.0. The number of ether oxygens (including phenoxy) is 3. The number of methoxy groups -OCH3 is 1. The van der Waals surface area contributed by atoms with Crippen LogP contribution in [0.3, 0.4) is 0 Å². The maximum absolute atomic E-state index is 13.0. The number of hydrogen-bond donors (Lipinski definition) is 1. The van der Waals surface area contributed by atoms with E-state index >= 15 is 0 Å². The average molecular weight is 442 g/mol. The number of non-ortho nitro benzene ring substituents is 1. The highest BCUT2D eigenvalue weighted by Gasteiger charge is 2.31. The van der Waals surface area contributed by atoms with Gasteiger partial charge in [-0.1, -0.05) is 6.07 Å². The Kier molecular flexibility index (Phi) is 7.91. The number of halogens is 3. The van der Waals surface area contributed by atoms with Crippen LogP contribution in [0, 0.1) is 10.1 Å². The maximum atomic E-state index is 13.0. The largest absolute Gasteiger partial charge is 0.489 e. The summed E-state index contributed by atoms with van der Waals surface area (Å²) in [5.74, 6) is -1.99. The van der Waals surface area contributed by atoms with Crippen molar-refractivity contribution in [2.75, 3.05) is 32.2 Å². The number of nitro benzene ring substituents is 1. The zero-order chi connectivity index (χ0) is 23.0. The van der Waals surface area contributed by atoms with E-state index in [2.05, 4.69) is 5.32 Å². The summed E-state index contributed by atoms with van der Waals surface area (Å²) in [6.45, 7) is -0.656. The molecular formula is C19H17F3N2O7. The summed E-state index contributed by atoms with van der Waals surface area (Å²) in [5.41, 5.74) is -1.80. The monoisotopic (exact) mass is 442 g/mol. The van der Waals surface area contributed by atoms with E-state index in [0.29, 0.717) is 6.07 Å². The molecule has 31 heavy (non-hydrogen) atoms. The SMILES string of the molecule is COCCOc1ccc(C(F)(F)F)cc1NC(=O)COC(=O)c1cccc([N+](=O)[O-])c1. The van der Waals surface area contributed by atoms with Gasteiger partial charge in [0.2, 0.25) is 0 Å². The van der Waals surface area contributed by atoms with E-state index in [-0.39, 0.29) is 35.9 Å². The zero-order valence-corrected chi connectivity index (χ0v) is 16.1. The van der Waals surface area contributed by atoms with Gasteiger partial charge < -0.3 is 19.5 Å². The van der Waals surface area contributed by atoms with Crippen molar-refractivity contribution in [3.63, 3.8) is 0 Å². The smallest absolute Gasteiger partial charge is 0.416 e. The van der Waals surface area contributed by atoms with Gasteiger partial charge >= 0.3 is 12.1 Å². The number of amides is 1. The molecule has 0 saturated heterocycles. The lowest BCUT2D eigenvalue weighted by atomic mass is 10.1. The minimum absolute atomic E-state index is 0.0203. The average Bonchev–Trinajstić information content (AvgIpc) is 2.72. The summed E-state index contributed by atoms with van der Waals surface area (Å²) in [6.07, 6.45) is -4.65. The summed E-state index contributed by atoms with van der Waals surface area (Å²) >= 11 is 0. The molecular weight excluding hydrogens is 425 g/mol. The first-order valence-electron chi connectivity index (χ1n) is 8.66. The van der Waals surface area contributed by atoms with Gasteiger partial charge in [-0.15, -0.1) is 0 Å². The molecule has 2 rings (SSSR count). The lowest BCUT2D eigenvalue weighted by Crippen LogP contribution is -2.22. The van der Waals surface area contributed by atoms with Crippen LogP contribution in [0.2, 0.25) is 0 Å². The lowest BCUT2D eigenvalue weighted by Gasteiger charge is -2.15. The third kappa shape index (κ3) is 6.96. The predicted molar refractivity (Wildman–Crippen MR) is 101 cm³/mol. The number of rotatable bonds is 9. The van der Waals surface area contributed by atoms with Gasteiger partial charge in [0.1, 0.15) is 12.4 Å². The van der Waals surface area contributed by atoms with Crippen molar-refractivity contribution in [3.05, 3.63) is 63.7 Å². The van der Waals surface area contributed by atoms with Crippen LogP contribution in [-0.4, -0.2) is 43.7 Å². The van der Waals surface area contributed by atoms with Crippen LogP contribution in [0.5, 0.6) is 5.75 Å². The summed E-state index contributed by atoms with van der Waals surface area (Å²) in [4.78, 5) is 34.2. The Labute approximate surface area is 173 Å². The van der Waals surface area contributed by atoms with E-state index in [1.54, 1.807) is 0 Å². The Morgan fingerprint density at radius 2 is 1.87 bits per heavy atom. The molecule has 0 saturated carbocycles. The molecule has 0 atom stereocenters. The molecule has 0 unspecified atom stereocenters. The summed E-state index contributed by atoms with van der Waals surface area (Å²) < 4.78 is 53.8. The molecule has 0 aromatic heterocycles. The molecule has 0 fully saturated rings. The Morgan fingerprint density at radius 1 is 1.13 bits per heavy atom. The molecule has 9 nitrogen and oxygen atoms in total. The maximum Gasteiger partial charge on any atom is 0.416 e. The fraction of sp³-hybridized carbons (Fsp3) is 0.263. The summed E-state index contributed by atoms with van der Waals surface area (Å²) in [7, 11) is 1.41. The first kappa shape index (κ1) is 23.6. The topological polar surface area (TPSA) is 117 Å². The third-order valence-electron chi connectivity index (χ3n) is 3.75. The molecule has 0 spiro atoms. The lowest BCUT2D eigenvalue weighted by molar-refractivity contribution is -0.384. The van der Waals surface area contributed by atoms with Gasteiger partial charge in [0.15, 0.2) is 6.61 Å². The van der Waals surface area contributed by atoms with Crippen molar-refractivity contribution in [1.29, 1.82) is 0 Å². The Hall–Kier alpha value is -3.67. The van der Waals surface area contributed by atoms with Crippen molar-refractivity contribution >= 4 is 23.3 Å². The van der Waals surface area contributed by atoms with Crippen molar-refractivity contribution in [2.45, 2.75) is 6.18 Å². The number of hydrogen-bond acceptors (Lipinski definition) is 7. The second kappa shape index (κ2) is 10.4. The van der Waals surface area contributed by atoms with E-state index in [9.17, 15) is 32.9 Å². The Bertz CT molecular complexity index is 964. The number of nitrogens with one attached hydrogen (secondary N) is 1. The number of nitro groups is 1. The summed E-state index contributed by atoms with van der Waals surface area (Å²) in [5, 5.41) is 13.0. The Balaban J connectivity index is 2.08. The van der Waals surface area contributed by atoms with Crippen molar-refractivity contribution < 1.29 is 41.9 Å². The van der Waals surface area contributed by atoms with Crippen molar-refractivity contribution in [1.82, 2.24) is 0 Å². The Morgan fingerprint density at radius 3 is 2.52 bits per heavy atom. The quantitative estimate of drug-likeness (QED) is 0.274. The first-order chi connectivity index (χ1) is 14.6. The number of alkyl halides is 3. The van der Waals surface area contributed by atoms with Gasteiger partial charge in [-0.2, -0.15) is 13.2 Å². The number of anilines is 1. The van der Waals surface area contributed by atoms with Gasteiger partial charge in [-0.05, 0) is 24.3 Å². The fourth-order valence-corrected chi connectivity index (χ4v) is 2.31. The molecule has 0 heterocycles. The molecule has 0 radical (unpaired) electrons. The molecule has 1 amide bonds. The second-order valence-electron chi connectivity index (χ2n) is 5.98. The molecule has 166 valence electrons. The van der Waals surface area contributed by atoms with Crippen LogP contribution in [0.4, 0.5) is 24.5 Å². The molecule has 0 bridgehead atoms. The van der Waals surface area contributed by atoms with Crippen LogP contribution in [0.25, 0.3) is 0 Å². The van der Waals surface area contributed by atoms with Crippen LogP contribution in [0.1, 0.15) is 15.9 Å². The van der Waals surface area contributed by atoms with Gasteiger partial charge in [-0.25, -0.2) is 4.79 Å². The van der Waals surface area contributed by atoms with Crippen LogP contribution in [-0.2, 0) is 20.4 Å². The minimum Gasteiger partial charge on any atom is -0.489 e. The van der Waals surface area contributed by atoms with Crippen molar-refractivity contribution in [2.24, 2.45) is 0 Å². The van der Waals surface area contributed by atoms with Gasteiger partial charge in [0, 0.05) is 19.2 Å². The van der Waals surface area contributed by atoms with Crippen LogP contribution >= 0.6 is 0 Å². The molecule has 2 aromatic carbocycles. The van der Waals surface area contributed by atoms with Crippen LogP contribution < -0.4 is 10.1 Å². The first-order valence-corrected chi connectivity index (χ1v) is 8.66. The molecule has 0 aliphatic heterocycles. The van der Waals surface area contributed by atoms with E-state index in [4.69, 9.17) is 14.2 Å². The second-order valence-corrected chi connectivity index (χ2v) is 5.98. The van der Waals surface area contributed by atoms with Crippen molar-refractivity contribution in [3.8, 4) is 5.75 Å². The molecule has 0 aliphatic carbocycles. The van der Waals surface area contributed by atoms with Gasteiger partial charge in [0.25, 0.3) is 11.6 Å². The van der Waals surface area contributed by atoms with E-state index < -0.39 is 35.1 Å². The number of esters is 1. The zero-order valence-electron chi connectivity index (χ0n) is 16.1. The summed E-state index contributed by atoms with van der Waals surface area (Å²) in [6, 6.07) is 7.17.